The van der Waals surface area contributed by atoms with Crippen LogP contribution in [0, 0.1) is 0 Å². The van der Waals surface area contributed by atoms with Gasteiger partial charge in [-0.05, 0) is 12.5 Å². The molecule has 3 heteroatoms. The first-order valence-corrected chi connectivity index (χ1v) is 4.22. The van der Waals surface area contributed by atoms with Crippen molar-refractivity contribution >= 4 is 0 Å². The van der Waals surface area contributed by atoms with E-state index in [0.717, 1.165) is 5.56 Å². The van der Waals surface area contributed by atoms with Gasteiger partial charge in [0, 0.05) is 0 Å². The van der Waals surface area contributed by atoms with Gasteiger partial charge in [-0.2, -0.15) is 0 Å². The number of rotatable bonds is 4. The van der Waals surface area contributed by atoms with Crippen LogP contribution in [0.4, 0.5) is 0 Å². The summed E-state index contributed by atoms with van der Waals surface area (Å²) < 4.78 is 5.19. The summed E-state index contributed by atoms with van der Waals surface area (Å²) in [6.45, 7) is 2.02. The van der Waals surface area contributed by atoms with Crippen LogP contribution in [0.3, 0.4) is 0 Å². The Hall–Kier alpha value is -0.900. The number of benzene rings is 1. The van der Waals surface area contributed by atoms with Gasteiger partial charge in [0.1, 0.15) is 6.10 Å². The average molecular weight is 182 g/mol. The Morgan fingerprint density at radius 3 is 2.38 bits per heavy atom. The predicted octanol–water partition coefficient (Wildman–Crippen LogP) is 0.902. The molecule has 0 aliphatic heterocycles. The third-order valence-corrected chi connectivity index (χ3v) is 1.78. The van der Waals surface area contributed by atoms with Gasteiger partial charge in [-0.25, -0.2) is 0 Å². The lowest BCUT2D eigenvalue weighted by atomic mass is 10.2. The molecule has 0 spiro atoms. The standard InChI is InChI=1S/C10H14O3/c1-8(10(11)12)13-7-9-5-3-2-4-6-9/h2-6,8,10-12H,7H2,1H3/t8-/m0/s1. The smallest absolute Gasteiger partial charge is 0.178 e. The molecule has 0 radical (unpaired) electrons. The summed E-state index contributed by atoms with van der Waals surface area (Å²) in [6.07, 6.45) is -1.97. The number of hydrogen-bond acceptors (Lipinski definition) is 3. The van der Waals surface area contributed by atoms with Gasteiger partial charge in [-0.15, -0.1) is 0 Å². The van der Waals surface area contributed by atoms with Crippen LogP contribution in [0.1, 0.15) is 12.5 Å². The highest BCUT2D eigenvalue weighted by Gasteiger charge is 2.09. The van der Waals surface area contributed by atoms with Gasteiger partial charge in [0.05, 0.1) is 6.61 Å². The quantitative estimate of drug-likeness (QED) is 0.680. The van der Waals surface area contributed by atoms with Gasteiger partial charge in [0.15, 0.2) is 6.29 Å². The fourth-order valence-electron chi connectivity index (χ4n) is 0.888. The molecule has 0 aliphatic rings. The normalized spacial score (nSPS) is 13.2. The second kappa shape index (κ2) is 4.97. The number of aliphatic hydroxyl groups excluding tert-OH is 1. The second-order valence-electron chi connectivity index (χ2n) is 2.92. The van der Waals surface area contributed by atoms with Gasteiger partial charge < -0.3 is 14.9 Å². The maximum Gasteiger partial charge on any atom is 0.178 e. The van der Waals surface area contributed by atoms with Gasteiger partial charge in [0.2, 0.25) is 0 Å². The summed E-state index contributed by atoms with van der Waals surface area (Å²) in [5.41, 5.74) is 1.02. The first-order valence-electron chi connectivity index (χ1n) is 4.22. The van der Waals surface area contributed by atoms with E-state index >= 15 is 0 Å². The molecule has 0 unspecified atom stereocenters. The van der Waals surface area contributed by atoms with Crippen LogP contribution in [0.15, 0.2) is 30.3 Å². The molecular weight excluding hydrogens is 168 g/mol. The molecule has 72 valence electrons. The zero-order chi connectivity index (χ0) is 9.68. The van der Waals surface area contributed by atoms with Crippen LogP contribution in [-0.4, -0.2) is 22.6 Å². The molecule has 0 heterocycles. The van der Waals surface area contributed by atoms with E-state index in [2.05, 4.69) is 0 Å². The van der Waals surface area contributed by atoms with E-state index in [1.54, 1.807) is 6.92 Å². The van der Waals surface area contributed by atoms with Crippen LogP contribution in [0.25, 0.3) is 0 Å². The van der Waals surface area contributed by atoms with E-state index in [0.29, 0.717) is 6.61 Å². The summed E-state index contributed by atoms with van der Waals surface area (Å²) in [5, 5.41) is 17.5. The van der Waals surface area contributed by atoms with Crippen LogP contribution >= 0.6 is 0 Å². The Labute approximate surface area is 77.6 Å². The predicted molar refractivity (Wildman–Crippen MR) is 48.9 cm³/mol. The Kier molecular flexibility index (Phi) is 3.89. The van der Waals surface area contributed by atoms with Crippen LogP contribution in [0.2, 0.25) is 0 Å². The molecule has 0 saturated heterocycles. The third kappa shape index (κ3) is 3.55. The summed E-state index contributed by atoms with van der Waals surface area (Å²) >= 11 is 0. The van der Waals surface area contributed by atoms with Crippen molar-refractivity contribution in [3.8, 4) is 0 Å². The summed E-state index contributed by atoms with van der Waals surface area (Å²) in [7, 11) is 0. The van der Waals surface area contributed by atoms with Crippen molar-refractivity contribution in [2.75, 3.05) is 0 Å². The van der Waals surface area contributed by atoms with E-state index in [4.69, 9.17) is 14.9 Å². The molecule has 3 nitrogen and oxygen atoms in total. The van der Waals surface area contributed by atoms with Crippen molar-refractivity contribution in [2.24, 2.45) is 0 Å². The van der Waals surface area contributed by atoms with Crippen LogP contribution in [0.5, 0.6) is 0 Å². The van der Waals surface area contributed by atoms with Crippen molar-refractivity contribution < 1.29 is 14.9 Å². The van der Waals surface area contributed by atoms with E-state index in [-0.39, 0.29) is 0 Å². The number of aliphatic hydroxyl groups is 2. The Morgan fingerprint density at radius 1 is 1.23 bits per heavy atom. The first kappa shape index (κ1) is 10.2. The molecule has 0 aliphatic carbocycles. The van der Waals surface area contributed by atoms with E-state index in [9.17, 15) is 0 Å². The zero-order valence-corrected chi connectivity index (χ0v) is 7.55. The monoisotopic (exact) mass is 182 g/mol. The van der Waals surface area contributed by atoms with Gasteiger partial charge in [-0.3, -0.25) is 0 Å². The minimum Gasteiger partial charge on any atom is -0.369 e. The topological polar surface area (TPSA) is 49.7 Å². The molecule has 1 atom stereocenters. The van der Waals surface area contributed by atoms with E-state index < -0.39 is 12.4 Å². The fraction of sp³-hybridized carbons (Fsp3) is 0.400. The SMILES string of the molecule is C[C@H](OCc1ccccc1)C(O)O. The highest BCUT2D eigenvalue weighted by molar-refractivity contribution is 5.13. The lowest BCUT2D eigenvalue weighted by molar-refractivity contribution is -0.142. The molecule has 13 heavy (non-hydrogen) atoms. The molecule has 0 fully saturated rings. The largest absolute Gasteiger partial charge is 0.369 e. The minimum atomic E-state index is -1.41. The Balaban J connectivity index is 2.35. The molecule has 1 aromatic carbocycles. The average Bonchev–Trinajstić information content (AvgIpc) is 2.15. The fourth-order valence-corrected chi connectivity index (χ4v) is 0.888. The van der Waals surface area contributed by atoms with Gasteiger partial charge in [0.25, 0.3) is 0 Å². The molecule has 2 N–H and O–H groups in total. The van der Waals surface area contributed by atoms with Crippen molar-refractivity contribution in [1.82, 2.24) is 0 Å². The minimum absolute atomic E-state index is 0.402. The summed E-state index contributed by atoms with van der Waals surface area (Å²) in [4.78, 5) is 0. The first-order chi connectivity index (χ1) is 6.20. The third-order valence-electron chi connectivity index (χ3n) is 1.78. The van der Waals surface area contributed by atoms with Crippen molar-refractivity contribution in [1.29, 1.82) is 0 Å². The molecule has 1 aromatic rings. The second-order valence-corrected chi connectivity index (χ2v) is 2.92. The van der Waals surface area contributed by atoms with Crippen LogP contribution in [-0.2, 0) is 11.3 Å². The molecular formula is C10H14O3. The number of hydrogen-bond donors (Lipinski definition) is 2. The van der Waals surface area contributed by atoms with Crippen molar-refractivity contribution in [2.45, 2.75) is 25.9 Å². The summed E-state index contributed by atoms with van der Waals surface area (Å²) in [5.74, 6) is 0. The molecule has 0 bridgehead atoms. The highest BCUT2D eigenvalue weighted by atomic mass is 16.5. The molecule has 0 aromatic heterocycles. The summed E-state index contributed by atoms with van der Waals surface area (Å²) in [6, 6.07) is 9.61. The maximum atomic E-state index is 8.73. The number of ether oxygens (including phenoxy) is 1. The van der Waals surface area contributed by atoms with E-state index in [1.165, 1.54) is 0 Å². The van der Waals surface area contributed by atoms with E-state index in [1.807, 2.05) is 30.3 Å². The Bertz CT molecular complexity index is 233. The molecule has 1 rings (SSSR count). The van der Waals surface area contributed by atoms with Crippen molar-refractivity contribution in [3.63, 3.8) is 0 Å². The molecule has 0 amide bonds. The maximum absolute atomic E-state index is 8.73. The van der Waals surface area contributed by atoms with Crippen molar-refractivity contribution in [3.05, 3.63) is 35.9 Å². The lowest BCUT2D eigenvalue weighted by Crippen LogP contribution is -2.25. The zero-order valence-electron chi connectivity index (χ0n) is 7.55. The lowest BCUT2D eigenvalue weighted by Gasteiger charge is -2.14. The van der Waals surface area contributed by atoms with Crippen LogP contribution < -0.4 is 0 Å². The Morgan fingerprint density at radius 2 is 1.85 bits per heavy atom. The highest BCUT2D eigenvalue weighted by Crippen LogP contribution is 2.04. The van der Waals surface area contributed by atoms with Gasteiger partial charge >= 0.3 is 0 Å². The van der Waals surface area contributed by atoms with Gasteiger partial charge in [-0.1, -0.05) is 30.3 Å². The molecule has 0 saturated carbocycles.